The largest absolute Gasteiger partial charge is 0.341 e. The number of likely N-dealkylation sites (tertiary alicyclic amines) is 1. The molecule has 1 atom stereocenters. The van der Waals surface area contributed by atoms with Gasteiger partial charge in [-0.05, 0) is 46.7 Å². The van der Waals surface area contributed by atoms with Gasteiger partial charge in [-0.1, -0.05) is 0 Å². The second-order valence-corrected chi connectivity index (χ2v) is 5.44. The average molecular weight is 264 g/mol. The van der Waals surface area contributed by atoms with Gasteiger partial charge in [0.1, 0.15) is 6.04 Å². The molecule has 1 N–H and O–H groups in total. The van der Waals surface area contributed by atoms with Gasteiger partial charge in [-0.25, -0.2) is 0 Å². The molecule has 1 fully saturated rings. The molecule has 5 nitrogen and oxygen atoms in total. The van der Waals surface area contributed by atoms with Crippen LogP contribution in [0.5, 0.6) is 0 Å². The molecule has 1 aromatic heterocycles. The van der Waals surface area contributed by atoms with Crippen molar-refractivity contribution in [2.45, 2.75) is 45.7 Å². The first kappa shape index (κ1) is 14.1. The lowest BCUT2D eigenvalue weighted by atomic mass is 10.0. The van der Waals surface area contributed by atoms with Crippen LogP contribution >= 0.6 is 0 Å². The van der Waals surface area contributed by atoms with Crippen molar-refractivity contribution in [3.05, 3.63) is 17.5 Å². The second-order valence-electron chi connectivity index (χ2n) is 5.44. The first-order chi connectivity index (χ1) is 9.02. The van der Waals surface area contributed by atoms with Crippen molar-refractivity contribution in [1.29, 1.82) is 0 Å². The molecule has 19 heavy (non-hydrogen) atoms. The van der Waals surface area contributed by atoms with Gasteiger partial charge < -0.3 is 10.2 Å². The Morgan fingerprint density at radius 3 is 2.53 bits per heavy atom. The Morgan fingerprint density at radius 1 is 1.42 bits per heavy atom. The van der Waals surface area contributed by atoms with E-state index < -0.39 is 0 Å². The predicted octanol–water partition coefficient (Wildman–Crippen LogP) is 1.27. The number of rotatable bonds is 3. The van der Waals surface area contributed by atoms with E-state index in [0.717, 1.165) is 37.3 Å². The highest BCUT2D eigenvalue weighted by atomic mass is 16.2. The summed E-state index contributed by atoms with van der Waals surface area (Å²) in [6.45, 7) is 7.57. The number of hydrogen-bond donors (Lipinski definition) is 1. The molecule has 0 aromatic carbocycles. The van der Waals surface area contributed by atoms with E-state index in [9.17, 15) is 4.79 Å². The summed E-state index contributed by atoms with van der Waals surface area (Å²) in [4.78, 5) is 14.5. The summed E-state index contributed by atoms with van der Waals surface area (Å²) in [5.74, 6) is 0.181. The first-order valence-corrected chi connectivity index (χ1v) is 7.01. The molecule has 0 saturated carbocycles. The van der Waals surface area contributed by atoms with Crippen LogP contribution in [0.25, 0.3) is 0 Å². The molecule has 1 amide bonds. The van der Waals surface area contributed by atoms with Gasteiger partial charge in [-0.15, -0.1) is 0 Å². The maximum Gasteiger partial charge on any atom is 0.247 e. The number of carbonyl (C=O) groups excluding carboxylic acids is 1. The molecule has 1 aliphatic heterocycles. The minimum absolute atomic E-state index is 0.181. The smallest absolute Gasteiger partial charge is 0.247 e. The zero-order valence-electron chi connectivity index (χ0n) is 12.3. The zero-order valence-corrected chi connectivity index (χ0v) is 12.3. The molecule has 0 radical (unpaired) electrons. The predicted molar refractivity (Wildman–Crippen MR) is 75.1 cm³/mol. The molecule has 2 rings (SSSR count). The van der Waals surface area contributed by atoms with Crippen LogP contribution in [0.1, 0.15) is 37.2 Å². The Balaban J connectivity index is 2.02. The lowest BCUT2D eigenvalue weighted by molar-refractivity contribution is -0.135. The molecule has 1 aromatic rings. The van der Waals surface area contributed by atoms with E-state index in [2.05, 4.69) is 10.4 Å². The van der Waals surface area contributed by atoms with Crippen LogP contribution < -0.4 is 5.32 Å². The summed E-state index contributed by atoms with van der Waals surface area (Å²) < 4.78 is 1.84. The van der Waals surface area contributed by atoms with Crippen LogP contribution in [-0.2, 0) is 4.79 Å². The third-order valence-electron chi connectivity index (χ3n) is 3.98. The maximum absolute atomic E-state index is 12.5. The summed E-state index contributed by atoms with van der Waals surface area (Å²) >= 11 is 0. The van der Waals surface area contributed by atoms with Gasteiger partial charge in [0.05, 0.1) is 5.69 Å². The second kappa shape index (κ2) is 5.74. The number of nitrogens with one attached hydrogen (secondary N) is 1. The van der Waals surface area contributed by atoms with Crippen molar-refractivity contribution in [2.75, 3.05) is 20.1 Å². The number of aryl methyl sites for hydroxylation is 2. The van der Waals surface area contributed by atoms with Crippen molar-refractivity contribution >= 4 is 5.91 Å². The normalized spacial score (nSPS) is 18.6. The SMILES string of the molecule is CNC1CCN(C(=O)C(C)n2nc(C)cc2C)CC1. The van der Waals surface area contributed by atoms with Crippen LogP contribution in [0.3, 0.4) is 0 Å². The highest BCUT2D eigenvalue weighted by molar-refractivity contribution is 5.80. The van der Waals surface area contributed by atoms with Crippen LogP contribution in [-0.4, -0.2) is 46.8 Å². The van der Waals surface area contributed by atoms with Gasteiger partial charge in [0, 0.05) is 24.8 Å². The number of hydrogen-bond acceptors (Lipinski definition) is 3. The number of carbonyl (C=O) groups is 1. The highest BCUT2D eigenvalue weighted by Gasteiger charge is 2.27. The Labute approximate surface area is 115 Å². The first-order valence-electron chi connectivity index (χ1n) is 7.01. The van der Waals surface area contributed by atoms with Gasteiger partial charge in [0.2, 0.25) is 5.91 Å². The number of amides is 1. The fraction of sp³-hybridized carbons (Fsp3) is 0.714. The fourth-order valence-corrected chi connectivity index (χ4v) is 2.80. The van der Waals surface area contributed by atoms with E-state index >= 15 is 0 Å². The molecule has 106 valence electrons. The van der Waals surface area contributed by atoms with Gasteiger partial charge in [0.25, 0.3) is 0 Å². The van der Waals surface area contributed by atoms with Crippen molar-refractivity contribution < 1.29 is 4.79 Å². The van der Waals surface area contributed by atoms with E-state index in [-0.39, 0.29) is 11.9 Å². The zero-order chi connectivity index (χ0) is 14.0. The summed E-state index contributed by atoms with van der Waals surface area (Å²) in [5.41, 5.74) is 2.01. The van der Waals surface area contributed by atoms with Gasteiger partial charge in [-0.2, -0.15) is 5.10 Å². The summed E-state index contributed by atoms with van der Waals surface area (Å²) in [6.07, 6.45) is 2.07. The molecule has 1 unspecified atom stereocenters. The summed E-state index contributed by atoms with van der Waals surface area (Å²) in [6, 6.07) is 2.35. The minimum Gasteiger partial charge on any atom is -0.341 e. The molecule has 2 heterocycles. The molecule has 0 aliphatic carbocycles. The van der Waals surface area contributed by atoms with E-state index in [4.69, 9.17) is 0 Å². The quantitative estimate of drug-likeness (QED) is 0.894. The maximum atomic E-state index is 12.5. The van der Waals surface area contributed by atoms with Gasteiger partial charge >= 0.3 is 0 Å². The molecular formula is C14H24N4O. The third-order valence-corrected chi connectivity index (χ3v) is 3.98. The van der Waals surface area contributed by atoms with Gasteiger partial charge in [-0.3, -0.25) is 9.48 Å². The van der Waals surface area contributed by atoms with E-state index in [0.29, 0.717) is 6.04 Å². The molecule has 0 bridgehead atoms. The molecule has 5 heteroatoms. The lowest BCUT2D eigenvalue weighted by Crippen LogP contribution is -2.46. The molecule has 1 saturated heterocycles. The van der Waals surface area contributed by atoms with Crippen molar-refractivity contribution in [2.24, 2.45) is 0 Å². The van der Waals surface area contributed by atoms with Crippen LogP contribution in [0.2, 0.25) is 0 Å². The van der Waals surface area contributed by atoms with Crippen molar-refractivity contribution in [1.82, 2.24) is 20.0 Å². The number of aromatic nitrogens is 2. The monoisotopic (exact) mass is 264 g/mol. The fourth-order valence-electron chi connectivity index (χ4n) is 2.80. The average Bonchev–Trinajstić information content (AvgIpc) is 2.76. The van der Waals surface area contributed by atoms with Crippen molar-refractivity contribution in [3.63, 3.8) is 0 Å². The standard InChI is InChI=1S/C14H24N4O/c1-10-9-11(2)18(16-10)12(3)14(19)17-7-5-13(15-4)6-8-17/h9,12-13,15H,5-8H2,1-4H3. The Morgan fingerprint density at radius 2 is 2.05 bits per heavy atom. The number of piperidine rings is 1. The molecular weight excluding hydrogens is 240 g/mol. The van der Waals surface area contributed by atoms with E-state index in [1.165, 1.54) is 0 Å². The topological polar surface area (TPSA) is 50.2 Å². The molecule has 1 aliphatic rings. The highest BCUT2D eigenvalue weighted by Crippen LogP contribution is 2.17. The minimum atomic E-state index is -0.208. The van der Waals surface area contributed by atoms with Crippen molar-refractivity contribution in [3.8, 4) is 0 Å². The van der Waals surface area contributed by atoms with Crippen LogP contribution in [0, 0.1) is 13.8 Å². The molecule has 0 spiro atoms. The van der Waals surface area contributed by atoms with E-state index in [1.54, 1.807) is 0 Å². The Bertz CT molecular complexity index is 446. The lowest BCUT2D eigenvalue weighted by Gasteiger charge is -2.33. The third kappa shape index (κ3) is 2.97. The summed E-state index contributed by atoms with van der Waals surface area (Å²) in [5, 5.41) is 7.70. The van der Waals surface area contributed by atoms with Crippen LogP contribution in [0.4, 0.5) is 0 Å². The Kier molecular flexibility index (Phi) is 4.24. The van der Waals surface area contributed by atoms with Gasteiger partial charge in [0.15, 0.2) is 0 Å². The van der Waals surface area contributed by atoms with Crippen LogP contribution in [0.15, 0.2) is 6.07 Å². The van der Waals surface area contributed by atoms with E-state index in [1.807, 2.05) is 43.5 Å². The Hall–Kier alpha value is -1.36. The number of nitrogens with zero attached hydrogens (tertiary/aromatic N) is 3. The summed E-state index contributed by atoms with van der Waals surface area (Å²) in [7, 11) is 1.99.